The molecule has 1 aliphatic heterocycles. The van der Waals surface area contributed by atoms with Crippen LogP contribution in [0.25, 0.3) is 0 Å². The molecular weight excluding hydrogens is 259 g/mol. The van der Waals surface area contributed by atoms with E-state index in [1.807, 2.05) is 0 Å². The van der Waals surface area contributed by atoms with E-state index in [0.717, 1.165) is 19.4 Å². The van der Waals surface area contributed by atoms with Gasteiger partial charge in [-0.1, -0.05) is 6.07 Å². The van der Waals surface area contributed by atoms with Crippen molar-refractivity contribution in [2.24, 2.45) is 5.92 Å². The summed E-state index contributed by atoms with van der Waals surface area (Å²) in [4.78, 5) is 14.3. The molecule has 1 aromatic carbocycles. The van der Waals surface area contributed by atoms with Gasteiger partial charge in [-0.3, -0.25) is 4.79 Å². The lowest BCUT2D eigenvalue weighted by Crippen LogP contribution is -2.39. The van der Waals surface area contributed by atoms with Gasteiger partial charge in [0, 0.05) is 33.9 Å². The average Bonchev–Trinajstić information content (AvgIpc) is 2.47. The molecule has 110 valence electrons. The molecule has 1 amide bonds. The molecule has 0 bridgehead atoms. The Kier molecular flexibility index (Phi) is 4.95. The van der Waals surface area contributed by atoms with E-state index in [1.165, 1.54) is 6.07 Å². The summed E-state index contributed by atoms with van der Waals surface area (Å²) in [5.41, 5.74) is 0.675. The zero-order valence-corrected chi connectivity index (χ0v) is 12.0. The van der Waals surface area contributed by atoms with Gasteiger partial charge >= 0.3 is 0 Å². The Labute approximate surface area is 118 Å². The van der Waals surface area contributed by atoms with Crippen LogP contribution in [0.2, 0.25) is 0 Å². The highest BCUT2D eigenvalue weighted by molar-refractivity contribution is 5.99. The maximum absolute atomic E-state index is 13.7. The fourth-order valence-corrected chi connectivity index (χ4v) is 2.67. The molecule has 20 heavy (non-hydrogen) atoms. The number of nitrogens with zero attached hydrogens (tertiary/aromatic N) is 1. The summed E-state index contributed by atoms with van der Waals surface area (Å²) in [6, 6.07) is 4.59. The summed E-state index contributed by atoms with van der Waals surface area (Å²) in [5, 5.41) is 2.77. The normalized spacial score (nSPS) is 16.2. The van der Waals surface area contributed by atoms with Gasteiger partial charge in [0.1, 0.15) is 5.82 Å². The second kappa shape index (κ2) is 6.70. The van der Waals surface area contributed by atoms with Gasteiger partial charge in [0.15, 0.2) is 0 Å². The average molecular weight is 280 g/mol. The molecule has 0 saturated carbocycles. The maximum Gasteiger partial charge on any atom is 0.256 e. The number of halogens is 1. The van der Waals surface area contributed by atoms with Gasteiger partial charge in [-0.25, -0.2) is 4.39 Å². The van der Waals surface area contributed by atoms with Crippen LogP contribution in [0.3, 0.4) is 0 Å². The van der Waals surface area contributed by atoms with Crippen molar-refractivity contribution in [3.05, 3.63) is 29.6 Å². The van der Waals surface area contributed by atoms with E-state index >= 15 is 0 Å². The SMILES string of the molecule is CNc1c(F)cccc1C(=O)N1CCC(COC)CC1. The van der Waals surface area contributed by atoms with Gasteiger partial charge in [0.25, 0.3) is 5.91 Å². The van der Waals surface area contributed by atoms with Gasteiger partial charge in [-0.2, -0.15) is 0 Å². The Morgan fingerprint density at radius 1 is 1.45 bits per heavy atom. The number of carbonyl (C=O) groups is 1. The Balaban J connectivity index is 2.08. The zero-order valence-electron chi connectivity index (χ0n) is 12.0. The number of likely N-dealkylation sites (tertiary alicyclic amines) is 1. The van der Waals surface area contributed by atoms with Crippen LogP contribution in [0, 0.1) is 11.7 Å². The number of methoxy groups -OCH3 is 1. The van der Waals surface area contributed by atoms with Gasteiger partial charge in [-0.05, 0) is 30.9 Å². The highest BCUT2D eigenvalue weighted by Gasteiger charge is 2.25. The highest BCUT2D eigenvalue weighted by atomic mass is 19.1. The molecule has 1 N–H and O–H groups in total. The van der Waals surface area contributed by atoms with E-state index in [9.17, 15) is 9.18 Å². The van der Waals surface area contributed by atoms with E-state index in [-0.39, 0.29) is 11.6 Å². The number of hydrogen-bond donors (Lipinski definition) is 1. The lowest BCUT2D eigenvalue weighted by atomic mass is 9.97. The minimum Gasteiger partial charge on any atom is -0.385 e. The summed E-state index contributed by atoms with van der Waals surface area (Å²) in [7, 11) is 3.32. The number of hydrogen-bond acceptors (Lipinski definition) is 3. The first-order valence-electron chi connectivity index (χ1n) is 6.91. The predicted molar refractivity (Wildman–Crippen MR) is 76.5 cm³/mol. The molecule has 1 heterocycles. The van der Waals surface area contributed by atoms with Crippen molar-refractivity contribution in [3.8, 4) is 0 Å². The fraction of sp³-hybridized carbons (Fsp3) is 0.533. The number of rotatable bonds is 4. The largest absolute Gasteiger partial charge is 0.385 e. The van der Waals surface area contributed by atoms with E-state index in [0.29, 0.717) is 24.6 Å². The minimum absolute atomic E-state index is 0.107. The summed E-state index contributed by atoms with van der Waals surface area (Å²) in [6.07, 6.45) is 1.87. The van der Waals surface area contributed by atoms with Crippen LogP contribution in [-0.4, -0.2) is 44.7 Å². The topological polar surface area (TPSA) is 41.6 Å². The van der Waals surface area contributed by atoms with Crippen LogP contribution >= 0.6 is 0 Å². The Morgan fingerprint density at radius 3 is 2.75 bits per heavy atom. The summed E-state index contributed by atoms with van der Waals surface area (Å²) in [5.74, 6) is 0.0117. The molecule has 1 aliphatic rings. The van der Waals surface area contributed by atoms with Gasteiger partial charge in [0.2, 0.25) is 0 Å². The van der Waals surface area contributed by atoms with E-state index in [4.69, 9.17) is 4.74 Å². The van der Waals surface area contributed by atoms with Gasteiger partial charge in [-0.15, -0.1) is 0 Å². The second-order valence-corrected chi connectivity index (χ2v) is 5.10. The molecule has 0 unspecified atom stereocenters. The Bertz CT molecular complexity index is 471. The second-order valence-electron chi connectivity index (χ2n) is 5.10. The third-order valence-corrected chi connectivity index (χ3v) is 3.80. The number of benzene rings is 1. The molecule has 1 fully saturated rings. The van der Waals surface area contributed by atoms with E-state index in [2.05, 4.69) is 5.32 Å². The molecule has 1 aromatic rings. The first-order valence-corrected chi connectivity index (χ1v) is 6.91. The molecule has 0 aromatic heterocycles. The summed E-state index contributed by atoms with van der Waals surface area (Å²) < 4.78 is 18.8. The van der Waals surface area contributed by atoms with Crippen LogP contribution in [0.4, 0.5) is 10.1 Å². The lowest BCUT2D eigenvalue weighted by molar-refractivity contribution is 0.0614. The van der Waals surface area contributed by atoms with Crippen LogP contribution < -0.4 is 5.32 Å². The molecule has 4 nitrogen and oxygen atoms in total. The zero-order chi connectivity index (χ0) is 14.5. The number of anilines is 1. The van der Waals surface area contributed by atoms with Crippen molar-refractivity contribution in [2.45, 2.75) is 12.8 Å². The van der Waals surface area contributed by atoms with Crippen molar-refractivity contribution in [3.63, 3.8) is 0 Å². The van der Waals surface area contributed by atoms with Crippen LogP contribution in [-0.2, 0) is 4.74 Å². The molecule has 0 spiro atoms. The summed E-state index contributed by atoms with van der Waals surface area (Å²) in [6.45, 7) is 2.14. The number of amides is 1. The molecule has 5 heteroatoms. The van der Waals surface area contributed by atoms with Gasteiger partial charge < -0.3 is 15.0 Å². The molecule has 2 rings (SSSR count). The van der Waals surface area contributed by atoms with E-state index < -0.39 is 5.82 Å². The third kappa shape index (κ3) is 3.10. The lowest BCUT2D eigenvalue weighted by Gasteiger charge is -2.32. The van der Waals surface area contributed by atoms with Crippen LogP contribution in [0.15, 0.2) is 18.2 Å². The summed E-state index contributed by atoms with van der Waals surface area (Å²) >= 11 is 0. The number of carbonyl (C=O) groups excluding carboxylic acids is 1. The third-order valence-electron chi connectivity index (χ3n) is 3.80. The van der Waals surface area contributed by atoms with Crippen molar-refractivity contribution in [1.29, 1.82) is 0 Å². The smallest absolute Gasteiger partial charge is 0.256 e. The quantitative estimate of drug-likeness (QED) is 0.920. The minimum atomic E-state index is -0.396. The molecule has 0 atom stereocenters. The van der Waals surface area contributed by atoms with Crippen molar-refractivity contribution in [2.75, 3.05) is 39.2 Å². The number of piperidine rings is 1. The first-order chi connectivity index (χ1) is 9.67. The van der Waals surface area contributed by atoms with Gasteiger partial charge in [0.05, 0.1) is 11.3 Å². The van der Waals surface area contributed by atoms with Crippen LogP contribution in [0.1, 0.15) is 23.2 Å². The molecule has 1 saturated heterocycles. The fourth-order valence-electron chi connectivity index (χ4n) is 2.67. The molecule has 0 aliphatic carbocycles. The van der Waals surface area contributed by atoms with Crippen molar-refractivity contribution in [1.82, 2.24) is 4.90 Å². The number of ether oxygens (including phenoxy) is 1. The van der Waals surface area contributed by atoms with E-state index in [1.54, 1.807) is 31.2 Å². The highest BCUT2D eigenvalue weighted by Crippen LogP contribution is 2.24. The number of para-hydroxylation sites is 1. The maximum atomic E-state index is 13.7. The number of nitrogens with one attached hydrogen (secondary N) is 1. The Morgan fingerprint density at radius 2 is 2.15 bits per heavy atom. The predicted octanol–water partition coefficient (Wildman–Crippen LogP) is 2.37. The van der Waals surface area contributed by atoms with Crippen LogP contribution in [0.5, 0.6) is 0 Å². The standard InChI is InChI=1S/C15H21FN2O2/c1-17-14-12(4-3-5-13(14)16)15(19)18-8-6-11(7-9-18)10-20-2/h3-5,11,17H,6-10H2,1-2H3. The Hall–Kier alpha value is -1.62. The van der Waals surface area contributed by atoms with Crippen molar-refractivity contribution >= 4 is 11.6 Å². The van der Waals surface area contributed by atoms with Crippen molar-refractivity contribution < 1.29 is 13.9 Å². The molecular formula is C15H21FN2O2. The monoisotopic (exact) mass is 280 g/mol. The molecule has 0 radical (unpaired) electrons. The first kappa shape index (κ1) is 14.8.